The third-order valence-electron chi connectivity index (χ3n) is 1.81. The van der Waals surface area contributed by atoms with E-state index in [0.29, 0.717) is 6.42 Å². The van der Waals surface area contributed by atoms with Gasteiger partial charge in [0.25, 0.3) is 0 Å². The Balaban J connectivity index is -0.0000000856. The van der Waals surface area contributed by atoms with Crippen LogP contribution in [0.25, 0.3) is 0 Å². The van der Waals surface area contributed by atoms with E-state index in [9.17, 15) is 14.4 Å². The molecule has 0 aromatic heterocycles. The van der Waals surface area contributed by atoms with Crippen LogP contribution in [0.3, 0.4) is 0 Å². The van der Waals surface area contributed by atoms with Crippen molar-refractivity contribution in [2.24, 2.45) is 5.73 Å². The van der Waals surface area contributed by atoms with Gasteiger partial charge in [0, 0.05) is 12.7 Å². The maximum Gasteiger partial charge on any atom is 1.00 e. The molecule has 0 spiro atoms. The summed E-state index contributed by atoms with van der Waals surface area (Å²) in [4.78, 5) is 30.6. The Morgan fingerprint density at radius 2 is 1.65 bits per heavy atom. The monoisotopic (exact) mass is 470 g/mol. The van der Waals surface area contributed by atoms with Gasteiger partial charge in [-0.3, -0.25) is 13.8 Å². The van der Waals surface area contributed by atoms with Gasteiger partial charge in [-0.05, 0) is 29.6 Å². The Morgan fingerprint density at radius 1 is 1.27 bits per heavy atom. The smallest absolute Gasteiger partial charge is 0.780 e. The zero-order valence-electron chi connectivity index (χ0n) is 14.9. The van der Waals surface area contributed by atoms with Crippen LogP contribution in [0.5, 0.6) is 0 Å². The van der Waals surface area contributed by atoms with Crippen molar-refractivity contribution in [2.75, 3.05) is 17.8 Å². The number of hydrogen-bond donors (Lipinski definition) is 5. The number of carboxylic acids is 2. The Morgan fingerprint density at radius 3 is 1.81 bits per heavy atom. The van der Waals surface area contributed by atoms with Crippen molar-refractivity contribution in [3.63, 3.8) is 0 Å². The van der Waals surface area contributed by atoms with Crippen LogP contribution in [0.1, 0.15) is 13.3 Å². The number of carbonyl (C=O) groups is 3. The minimum absolute atomic E-state index is 0. The number of carboxylic acid groups (broad SMARTS) is 2. The molecule has 1 amide bonds. The summed E-state index contributed by atoms with van der Waals surface area (Å²) in [6.07, 6.45) is 2.48. The fraction of sp³-hybridized carbons (Fsp3) is 0.700. The van der Waals surface area contributed by atoms with Gasteiger partial charge in [-0.1, -0.05) is 0 Å². The molecular formula is C10H20N2Na2O8S4. The van der Waals surface area contributed by atoms with Gasteiger partial charge in [-0.15, -0.1) is 9.05 Å². The van der Waals surface area contributed by atoms with E-state index in [1.165, 1.54) is 6.92 Å². The SMILES string of the molecule is CC(=O)NC(CS)C(=O)O.CSCCC(N)C(=O)O.O=S([O-])([O-])=S.[Na+].[Na+]. The first-order valence-corrected chi connectivity index (χ1v) is 10.4. The molecule has 0 bridgehead atoms. The number of carbonyl (C=O) groups excluding carboxylic acids is 1. The molecule has 5 N–H and O–H groups in total. The molecule has 0 radical (unpaired) electrons. The first-order chi connectivity index (χ1) is 10.8. The van der Waals surface area contributed by atoms with Gasteiger partial charge in [0.15, 0.2) is 0 Å². The van der Waals surface area contributed by atoms with Gasteiger partial charge in [-0.2, -0.15) is 24.4 Å². The topological polar surface area (TPSA) is 193 Å². The normalized spacial score (nSPS) is 11.5. The van der Waals surface area contributed by atoms with Crippen molar-refractivity contribution in [2.45, 2.75) is 25.4 Å². The standard InChI is InChI=1S/C5H9NO3S.C5H11NO2S.2Na.H2O3S2/c1-3(7)6-4(2-10)5(8)9;1-9-3-2-4(6)5(7)8;;;1-5(2,3)4/h4,10H,2H2,1H3,(H,6,7)(H,8,9);4H,2-3,6H2,1H3,(H,7,8);;;(H2,1,2,3,4)/q;;2*+1;/p-2. The minimum atomic E-state index is -4.33. The molecule has 144 valence electrons. The van der Waals surface area contributed by atoms with Gasteiger partial charge in [0.1, 0.15) is 12.1 Å². The molecular weight excluding hydrogens is 450 g/mol. The molecule has 0 fully saturated rings. The predicted molar refractivity (Wildman–Crippen MR) is 94.8 cm³/mol. The summed E-state index contributed by atoms with van der Waals surface area (Å²) in [5, 5.41) is 18.8. The summed E-state index contributed by atoms with van der Waals surface area (Å²) in [5.41, 5.74) is 5.19. The maximum absolute atomic E-state index is 10.3. The van der Waals surface area contributed by atoms with Crippen LogP contribution in [0, 0.1) is 0 Å². The summed E-state index contributed by atoms with van der Waals surface area (Å²) in [7, 11) is -4.33. The summed E-state index contributed by atoms with van der Waals surface area (Å²) in [5.74, 6) is -1.42. The first-order valence-electron chi connectivity index (χ1n) is 6.01. The van der Waals surface area contributed by atoms with Crippen molar-refractivity contribution in [3.8, 4) is 0 Å². The third-order valence-corrected chi connectivity index (χ3v) is 2.82. The number of aliphatic carboxylic acids is 2. The molecule has 0 aromatic carbocycles. The number of nitrogens with one attached hydrogen (secondary N) is 1. The molecule has 0 aliphatic carbocycles. The van der Waals surface area contributed by atoms with Gasteiger partial charge in [-0.25, -0.2) is 4.79 Å². The van der Waals surface area contributed by atoms with Crippen LogP contribution in [0.4, 0.5) is 0 Å². The van der Waals surface area contributed by atoms with Crippen molar-refractivity contribution in [3.05, 3.63) is 0 Å². The summed E-state index contributed by atoms with van der Waals surface area (Å²) >= 11 is 8.58. The van der Waals surface area contributed by atoms with Gasteiger partial charge < -0.3 is 30.4 Å². The average Bonchev–Trinajstić information content (AvgIpc) is 2.40. The zero-order chi connectivity index (χ0) is 19.9. The number of rotatable bonds is 7. The van der Waals surface area contributed by atoms with Crippen molar-refractivity contribution >= 4 is 62.5 Å². The minimum Gasteiger partial charge on any atom is -0.780 e. The summed E-state index contributed by atoms with van der Waals surface area (Å²) < 4.78 is 26.7. The Hall–Kier alpha value is 1.36. The molecule has 0 aliphatic heterocycles. The molecule has 2 unspecified atom stereocenters. The average molecular weight is 471 g/mol. The molecule has 10 nitrogen and oxygen atoms in total. The van der Waals surface area contributed by atoms with E-state index in [-0.39, 0.29) is 70.8 Å². The number of hydrogen-bond acceptors (Lipinski definition) is 10. The maximum atomic E-state index is 10.3. The molecule has 26 heavy (non-hydrogen) atoms. The summed E-state index contributed by atoms with van der Waals surface area (Å²) in [6, 6.07) is -1.56. The molecule has 0 saturated heterocycles. The van der Waals surface area contributed by atoms with Crippen molar-refractivity contribution < 1.29 is 97.0 Å². The van der Waals surface area contributed by atoms with Crippen LogP contribution >= 0.6 is 24.4 Å². The van der Waals surface area contributed by atoms with E-state index in [1.807, 2.05) is 6.26 Å². The second-order valence-electron chi connectivity index (χ2n) is 3.91. The third kappa shape index (κ3) is 40.2. The number of nitrogens with two attached hydrogens (primary N) is 1. The largest absolute Gasteiger partial charge is 1.00 e. The van der Waals surface area contributed by atoms with E-state index in [1.54, 1.807) is 11.8 Å². The fourth-order valence-corrected chi connectivity index (χ4v) is 1.54. The predicted octanol–water partition coefficient (Wildman–Crippen LogP) is -7.34. The Kier molecular flexibility index (Phi) is 33.1. The van der Waals surface area contributed by atoms with Crippen LogP contribution in [0.2, 0.25) is 0 Å². The first kappa shape index (κ1) is 38.0. The number of thiol groups is 1. The molecule has 0 heterocycles. The molecule has 16 heteroatoms. The summed E-state index contributed by atoms with van der Waals surface area (Å²) in [6.45, 7) is 1.26. The second-order valence-corrected chi connectivity index (χ2v) is 7.30. The number of amides is 1. The Bertz CT molecular complexity index is 487. The van der Waals surface area contributed by atoms with Gasteiger partial charge >= 0.3 is 71.1 Å². The van der Waals surface area contributed by atoms with E-state index in [4.69, 9.17) is 29.3 Å². The van der Waals surface area contributed by atoms with Gasteiger partial charge in [0.2, 0.25) is 5.91 Å². The van der Waals surface area contributed by atoms with Gasteiger partial charge in [0.05, 0.1) is 0 Å². The fourth-order valence-electron chi connectivity index (χ4n) is 0.799. The van der Waals surface area contributed by atoms with E-state index >= 15 is 0 Å². The molecule has 0 rings (SSSR count). The molecule has 0 saturated carbocycles. The van der Waals surface area contributed by atoms with Crippen LogP contribution < -0.4 is 70.2 Å². The van der Waals surface area contributed by atoms with E-state index in [0.717, 1.165) is 5.75 Å². The molecule has 0 aliphatic rings. The number of thioether (sulfide) groups is 1. The molecule has 2 atom stereocenters. The zero-order valence-corrected chi connectivity index (χ0v) is 22.2. The second kappa shape index (κ2) is 22.6. The molecule has 0 aromatic rings. The van der Waals surface area contributed by atoms with E-state index in [2.05, 4.69) is 29.1 Å². The van der Waals surface area contributed by atoms with Crippen LogP contribution in [-0.2, 0) is 34.6 Å². The van der Waals surface area contributed by atoms with E-state index < -0.39 is 33.1 Å². The van der Waals surface area contributed by atoms with Crippen LogP contribution in [-0.4, -0.2) is 71.2 Å². The van der Waals surface area contributed by atoms with Crippen molar-refractivity contribution in [1.82, 2.24) is 5.32 Å². The van der Waals surface area contributed by atoms with Crippen LogP contribution in [0.15, 0.2) is 0 Å². The quantitative estimate of drug-likeness (QED) is 0.175. The van der Waals surface area contributed by atoms with Crippen molar-refractivity contribution in [1.29, 1.82) is 0 Å². The Labute approximate surface area is 211 Å².